The van der Waals surface area contributed by atoms with Gasteiger partial charge in [-0.05, 0) is 49.9 Å². The minimum absolute atomic E-state index is 0.0574. The van der Waals surface area contributed by atoms with Crippen molar-refractivity contribution in [1.82, 2.24) is 10.1 Å². The van der Waals surface area contributed by atoms with Crippen LogP contribution in [-0.4, -0.2) is 45.4 Å². The molecule has 3 aliphatic rings. The summed E-state index contributed by atoms with van der Waals surface area (Å²) in [6.45, 7) is 0. The van der Waals surface area contributed by atoms with Gasteiger partial charge in [-0.1, -0.05) is 45.8 Å². The smallest absolute Gasteiger partial charge is 0.344 e. The number of hydrogen-bond acceptors (Lipinski definition) is 8. The molecule has 0 amide bonds. The molecule has 4 heterocycles. The average Bonchev–Trinajstić information content (AvgIpc) is 3.41. The molecular formula is C28H22Cl2FN3O5S. The Morgan fingerprint density at radius 3 is 2.45 bits per heavy atom. The highest BCUT2D eigenvalue weighted by Gasteiger charge is 2.45. The fourth-order valence-corrected chi connectivity index (χ4v) is 7.72. The molecule has 7 rings (SSSR count). The molecule has 1 N–H and O–H groups in total. The van der Waals surface area contributed by atoms with Crippen molar-refractivity contribution in [3.8, 4) is 11.3 Å². The van der Waals surface area contributed by atoms with Crippen LogP contribution >= 0.6 is 34.5 Å². The number of esters is 1. The topological polar surface area (TPSA) is 106 Å². The van der Waals surface area contributed by atoms with Crippen LogP contribution in [0.5, 0.6) is 0 Å². The highest BCUT2D eigenvalue weighted by atomic mass is 35.5. The summed E-state index contributed by atoms with van der Waals surface area (Å²) in [5, 5.41) is 14.9. The van der Waals surface area contributed by atoms with E-state index in [2.05, 4.69) is 15.0 Å². The van der Waals surface area contributed by atoms with Crippen molar-refractivity contribution >= 4 is 61.8 Å². The Labute approximate surface area is 241 Å². The second kappa shape index (κ2) is 9.71. The molecule has 0 radical (unpaired) electrons. The summed E-state index contributed by atoms with van der Waals surface area (Å²) in [5.41, 5.74) is 1.08. The lowest BCUT2D eigenvalue weighted by atomic mass is 9.99. The van der Waals surface area contributed by atoms with E-state index in [1.54, 1.807) is 18.2 Å². The van der Waals surface area contributed by atoms with E-state index in [4.69, 9.17) is 32.5 Å². The first kappa shape index (κ1) is 25.7. The number of carboxylic acids is 1. The van der Waals surface area contributed by atoms with Crippen LogP contribution in [0.2, 0.25) is 10.0 Å². The van der Waals surface area contributed by atoms with Crippen LogP contribution in [0.3, 0.4) is 0 Å². The molecular weight excluding hydrogens is 580 g/mol. The summed E-state index contributed by atoms with van der Waals surface area (Å²) in [7, 11) is 0. The van der Waals surface area contributed by atoms with Gasteiger partial charge in [-0.15, -0.1) is 0 Å². The van der Waals surface area contributed by atoms with Crippen molar-refractivity contribution in [1.29, 1.82) is 0 Å². The number of halogens is 3. The molecule has 206 valence electrons. The summed E-state index contributed by atoms with van der Waals surface area (Å²) in [4.78, 5) is 31.7. The van der Waals surface area contributed by atoms with Gasteiger partial charge in [0.25, 0.3) is 0 Å². The number of piperidine rings is 1. The van der Waals surface area contributed by atoms with Crippen LogP contribution in [0.15, 0.2) is 34.9 Å². The number of carboxylic acid groups (broad SMARTS) is 1. The molecule has 3 fully saturated rings. The molecule has 8 nitrogen and oxygen atoms in total. The quantitative estimate of drug-likeness (QED) is 0.229. The number of fused-ring (bicyclic) bond motifs is 3. The van der Waals surface area contributed by atoms with Gasteiger partial charge in [-0.2, -0.15) is 0 Å². The molecule has 2 aromatic heterocycles. The fraction of sp³-hybridized carbons (Fsp3) is 0.357. The van der Waals surface area contributed by atoms with Gasteiger partial charge in [-0.3, -0.25) is 0 Å². The minimum Gasteiger partial charge on any atom is -0.478 e. The Bertz CT molecular complexity index is 1650. The maximum absolute atomic E-state index is 14.6. The predicted molar refractivity (Wildman–Crippen MR) is 148 cm³/mol. The first-order valence-corrected chi connectivity index (χ1v) is 14.6. The third-order valence-electron chi connectivity index (χ3n) is 7.94. The highest BCUT2D eigenvalue weighted by molar-refractivity contribution is 7.22. The first-order chi connectivity index (χ1) is 19.3. The fourth-order valence-electron chi connectivity index (χ4n) is 5.98. The van der Waals surface area contributed by atoms with Gasteiger partial charge in [0.15, 0.2) is 16.7 Å². The maximum Gasteiger partial charge on any atom is 0.344 e. The van der Waals surface area contributed by atoms with Crippen molar-refractivity contribution in [2.45, 2.75) is 62.6 Å². The molecule has 2 aliphatic heterocycles. The van der Waals surface area contributed by atoms with E-state index in [0.29, 0.717) is 49.7 Å². The number of rotatable bonds is 6. The van der Waals surface area contributed by atoms with Gasteiger partial charge in [0.1, 0.15) is 22.9 Å². The number of carbonyl (C=O) groups is 2. The lowest BCUT2D eigenvalue weighted by Gasteiger charge is -2.38. The predicted octanol–water partition coefficient (Wildman–Crippen LogP) is 7.33. The molecule has 2 aromatic carbocycles. The van der Waals surface area contributed by atoms with E-state index in [1.807, 2.05) is 0 Å². The third-order valence-corrected chi connectivity index (χ3v) is 9.58. The second-order valence-electron chi connectivity index (χ2n) is 10.5. The van der Waals surface area contributed by atoms with Crippen LogP contribution in [0, 0.1) is 5.82 Å². The lowest BCUT2D eigenvalue weighted by molar-refractivity contribution is 0.0202. The Morgan fingerprint density at radius 1 is 1.10 bits per heavy atom. The number of ether oxygens (including phenoxy) is 1. The summed E-state index contributed by atoms with van der Waals surface area (Å²) in [6.07, 6.45) is 4.44. The number of anilines is 1. The Kier molecular flexibility index (Phi) is 6.25. The first-order valence-electron chi connectivity index (χ1n) is 13.0. The SMILES string of the molecule is O=C(O)c1cc(F)c2nc(N3[C@@H]4CC[C@H]3CC(OC(=O)c3c(-c5c(Cl)cccc5Cl)noc3C3CC3)C4)sc2c1. The molecule has 12 heteroatoms. The van der Waals surface area contributed by atoms with Gasteiger partial charge in [0.2, 0.25) is 0 Å². The molecule has 1 aliphatic carbocycles. The van der Waals surface area contributed by atoms with Crippen LogP contribution in [0.1, 0.15) is 70.9 Å². The van der Waals surface area contributed by atoms with Gasteiger partial charge in [-0.25, -0.2) is 19.0 Å². The number of thiazole rings is 1. The molecule has 2 saturated heterocycles. The van der Waals surface area contributed by atoms with Gasteiger partial charge in [0.05, 0.1) is 20.3 Å². The van der Waals surface area contributed by atoms with Crippen LogP contribution in [-0.2, 0) is 4.74 Å². The summed E-state index contributed by atoms with van der Waals surface area (Å²) < 4.78 is 26.8. The molecule has 1 unspecified atom stereocenters. The molecule has 40 heavy (non-hydrogen) atoms. The van der Waals surface area contributed by atoms with E-state index in [0.717, 1.165) is 31.7 Å². The van der Waals surface area contributed by atoms with Crippen molar-refractivity contribution in [3.63, 3.8) is 0 Å². The van der Waals surface area contributed by atoms with Crippen LogP contribution < -0.4 is 4.90 Å². The van der Waals surface area contributed by atoms with E-state index in [-0.39, 0.29) is 40.7 Å². The molecule has 1 saturated carbocycles. The van der Waals surface area contributed by atoms with Crippen LogP contribution in [0.4, 0.5) is 9.52 Å². The zero-order valence-electron chi connectivity index (χ0n) is 20.9. The van der Waals surface area contributed by atoms with E-state index in [9.17, 15) is 19.1 Å². The number of carbonyl (C=O) groups excluding carboxylic acids is 1. The molecule has 0 spiro atoms. The zero-order chi connectivity index (χ0) is 27.7. The minimum atomic E-state index is -1.18. The molecule has 3 atom stereocenters. The number of hydrogen-bond donors (Lipinski definition) is 1. The van der Waals surface area contributed by atoms with Gasteiger partial charge < -0.3 is 19.3 Å². The van der Waals surface area contributed by atoms with Crippen molar-refractivity contribution < 1.29 is 28.3 Å². The van der Waals surface area contributed by atoms with Crippen molar-refractivity contribution in [2.75, 3.05) is 4.90 Å². The third kappa shape index (κ3) is 4.33. The van der Waals surface area contributed by atoms with Crippen molar-refractivity contribution in [2.24, 2.45) is 0 Å². The summed E-state index contributed by atoms with van der Waals surface area (Å²) >= 11 is 14.2. The van der Waals surface area contributed by atoms with Gasteiger partial charge in [0, 0.05) is 36.4 Å². The largest absolute Gasteiger partial charge is 0.478 e. The summed E-state index contributed by atoms with van der Waals surface area (Å²) in [5.74, 6) is -1.72. The monoisotopic (exact) mass is 601 g/mol. The Morgan fingerprint density at radius 2 is 1.80 bits per heavy atom. The highest BCUT2D eigenvalue weighted by Crippen LogP contribution is 2.47. The number of benzene rings is 2. The lowest BCUT2D eigenvalue weighted by Crippen LogP contribution is -2.46. The van der Waals surface area contributed by atoms with E-state index >= 15 is 0 Å². The van der Waals surface area contributed by atoms with Crippen molar-refractivity contribution in [3.05, 3.63) is 63.1 Å². The maximum atomic E-state index is 14.6. The Balaban J connectivity index is 1.14. The molecule has 2 bridgehead atoms. The number of aromatic carboxylic acids is 1. The second-order valence-corrected chi connectivity index (χ2v) is 12.4. The van der Waals surface area contributed by atoms with E-state index in [1.165, 1.54) is 17.4 Å². The zero-order valence-corrected chi connectivity index (χ0v) is 23.2. The van der Waals surface area contributed by atoms with Gasteiger partial charge >= 0.3 is 11.9 Å². The Hall–Kier alpha value is -3.21. The van der Waals surface area contributed by atoms with Crippen LogP contribution in [0.25, 0.3) is 21.5 Å². The number of aromatic nitrogens is 2. The standard InChI is InChI=1S/C28H22Cl2FN3O5S/c29-17-2-1-3-18(30)21(17)24-22(25(39-33-24)12-4-5-12)27(37)38-16-10-14-6-7-15(11-16)34(14)28-32-23-19(31)8-13(26(35)36)9-20(23)40-28/h1-3,8-9,12,14-16H,4-7,10-11H2,(H,35,36)/t14-,15+,16?. The molecule has 4 aromatic rings. The summed E-state index contributed by atoms with van der Waals surface area (Å²) in [6, 6.07) is 7.67. The average molecular weight is 602 g/mol. The normalized spacial score (nSPS) is 22.2. The number of nitrogens with zero attached hydrogens (tertiary/aromatic N) is 3. The van der Waals surface area contributed by atoms with E-state index < -0.39 is 17.8 Å².